The van der Waals surface area contributed by atoms with E-state index in [1.165, 1.54) is 0 Å². The second-order valence-corrected chi connectivity index (χ2v) is 6.56. The normalized spacial score (nSPS) is 11.2. The molecule has 0 atom stereocenters. The third-order valence-corrected chi connectivity index (χ3v) is 3.90. The number of hydrogen-bond acceptors (Lipinski definition) is 2. The summed E-state index contributed by atoms with van der Waals surface area (Å²) in [6, 6.07) is 8.02. The molecule has 0 unspecified atom stereocenters. The van der Waals surface area contributed by atoms with Crippen LogP contribution in [0.3, 0.4) is 0 Å². The van der Waals surface area contributed by atoms with Gasteiger partial charge < -0.3 is 10.1 Å². The van der Waals surface area contributed by atoms with E-state index in [9.17, 15) is 4.79 Å². The SMILES string of the molecule is C=C(C)c1cccc(C(C)(C)NC(=O)OCCn2cc[n+](C)c2)c1. The zero-order valence-corrected chi connectivity index (χ0v) is 14.9. The molecule has 0 aliphatic rings. The summed E-state index contributed by atoms with van der Waals surface area (Å²) in [7, 11) is 1.95. The van der Waals surface area contributed by atoms with Gasteiger partial charge in [0.1, 0.15) is 25.5 Å². The molecular weight excluding hydrogens is 302 g/mol. The largest absolute Gasteiger partial charge is 0.445 e. The van der Waals surface area contributed by atoms with Crippen LogP contribution >= 0.6 is 0 Å². The molecule has 1 aromatic heterocycles. The quantitative estimate of drug-likeness (QED) is 0.829. The predicted molar refractivity (Wildman–Crippen MR) is 94.3 cm³/mol. The number of aromatic nitrogens is 2. The van der Waals surface area contributed by atoms with Gasteiger partial charge in [-0.3, -0.25) is 0 Å². The number of carbonyl (C=O) groups is 1. The van der Waals surface area contributed by atoms with Gasteiger partial charge in [0, 0.05) is 0 Å². The number of nitrogens with zero attached hydrogens (tertiary/aromatic N) is 2. The Hall–Kier alpha value is -2.56. The molecular formula is C19H26N3O2+. The van der Waals surface area contributed by atoms with Crippen LogP contribution in [-0.2, 0) is 23.9 Å². The Morgan fingerprint density at radius 1 is 1.42 bits per heavy atom. The molecule has 0 saturated carbocycles. The van der Waals surface area contributed by atoms with E-state index in [4.69, 9.17) is 4.74 Å². The Bertz CT molecular complexity index is 732. The third-order valence-electron chi connectivity index (χ3n) is 3.90. The first-order valence-electron chi connectivity index (χ1n) is 8.00. The first-order valence-corrected chi connectivity index (χ1v) is 8.00. The zero-order valence-electron chi connectivity index (χ0n) is 14.9. The number of ether oxygens (including phenoxy) is 1. The van der Waals surface area contributed by atoms with Crippen LogP contribution in [0, 0.1) is 0 Å². The van der Waals surface area contributed by atoms with Crippen molar-refractivity contribution in [2.24, 2.45) is 7.05 Å². The Morgan fingerprint density at radius 2 is 2.17 bits per heavy atom. The van der Waals surface area contributed by atoms with E-state index >= 15 is 0 Å². The monoisotopic (exact) mass is 328 g/mol. The smallest absolute Gasteiger partial charge is 0.407 e. The third kappa shape index (κ3) is 4.72. The summed E-state index contributed by atoms with van der Waals surface area (Å²) in [6.45, 7) is 10.8. The van der Waals surface area contributed by atoms with Gasteiger partial charge in [0.25, 0.3) is 0 Å². The number of carbonyl (C=O) groups excluding carboxylic acids is 1. The van der Waals surface area contributed by atoms with Gasteiger partial charge in [0.15, 0.2) is 0 Å². The summed E-state index contributed by atoms with van der Waals surface area (Å²) in [4.78, 5) is 12.1. The lowest BCUT2D eigenvalue weighted by molar-refractivity contribution is -0.671. The van der Waals surface area contributed by atoms with Gasteiger partial charge in [-0.25, -0.2) is 13.9 Å². The minimum Gasteiger partial charge on any atom is -0.445 e. The number of imidazole rings is 1. The molecule has 2 aromatic rings. The molecule has 0 aliphatic carbocycles. The summed E-state index contributed by atoms with van der Waals surface area (Å²) in [5.74, 6) is 0. The van der Waals surface area contributed by atoms with Crippen molar-refractivity contribution in [1.82, 2.24) is 9.88 Å². The van der Waals surface area contributed by atoms with Gasteiger partial charge in [-0.1, -0.05) is 30.4 Å². The van der Waals surface area contributed by atoms with E-state index in [1.54, 1.807) is 0 Å². The van der Waals surface area contributed by atoms with Crippen molar-refractivity contribution in [1.29, 1.82) is 0 Å². The number of hydrogen-bond donors (Lipinski definition) is 1. The molecule has 0 aliphatic heterocycles. The minimum absolute atomic E-state index is 0.322. The highest BCUT2D eigenvalue weighted by Gasteiger charge is 2.24. The van der Waals surface area contributed by atoms with Crippen LogP contribution in [0.4, 0.5) is 4.79 Å². The van der Waals surface area contributed by atoms with Gasteiger partial charge in [-0.2, -0.15) is 0 Å². The van der Waals surface area contributed by atoms with Gasteiger partial charge in [-0.15, -0.1) is 0 Å². The Morgan fingerprint density at radius 3 is 2.79 bits per heavy atom. The molecule has 5 heteroatoms. The molecule has 24 heavy (non-hydrogen) atoms. The molecule has 0 spiro atoms. The number of aryl methyl sites for hydroxylation is 1. The summed E-state index contributed by atoms with van der Waals surface area (Å²) >= 11 is 0. The summed E-state index contributed by atoms with van der Waals surface area (Å²) < 4.78 is 9.20. The van der Waals surface area contributed by atoms with E-state index in [1.807, 2.05) is 79.9 Å². The average Bonchev–Trinajstić information content (AvgIpc) is 2.92. The molecule has 0 saturated heterocycles. The Labute approximate surface area is 143 Å². The zero-order chi connectivity index (χ0) is 17.7. The molecule has 128 valence electrons. The van der Waals surface area contributed by atoms with E-state index in [0.29, 0.717) is 13.2 Å². The van der Waals surface area contributed by atoms with Crippen molar-refractivity contribution < 1.29 is 14.1 Å². The topological polar surface area (TPSA) is 47.1 Å². The number of allylic oxidation sites excluding steroid dienone is 1. The second-order valence-electron chi connectivity index (χ2n) is 6.56. The highest BCUT2D eigenvalue weighted by atomic mass is 16.5. The minimum atomic E-state index is -0.525. The first-order chi connectivity index (χ1) is 11.3. The maximum atomic E-state index is 12.1. The highest BCUT2D eigenvalue weighted by Crippen LogP contribution is 2.23. The molecule has 1 aromatic carbocycles. The van der Waals surface area contributed by atoms with Gasteiger partial charge in [-0.05, 0) is 38.0 Å². The lowest BCUT2D eigenvalue weighted by Crippen LogP contribution is -2.41. The average molecular weight is 328 g/mol. The molecule has 0 bridgehead atoms. The maximum Gasteiger partial charge on any atom is 0.407 e. The molecule has 0 fully saturated rings. The maximum absolute atomic E-state index is 12.1. The number of alkyl carbamates (subject to hydrolysis) is 1. The van der Waals surface area contributed by atoms with Crippen LogP contribution in [0.1, 0.15) is 31.9 Å². The number of nitrogens with one attached hydrogen (secondary N) is 1. The standard InChI is InChI=1S/C19H25N3O2/c1-15(2)16-7-6-8-17(13-16)19(3,4)20-18(23)24-12-11-22-10-9-21(5)14-22/h6-10,13-14H,1,11-12H2,2-5H3/p+1. The second kappa shape index (κ2) is 7.34. The number of amides is 1. The van der Waals surface area contributed by atoms with Crippen LogP contribution in [0.15, 0.2) is 49.6 Å². The molecule has 1 amide bonds. The van der Waals surface area contributed by atoms with Crippen LogP contribution < -0.4 is 9.88 Å². The number of rotatable bonds is 6. The van der Waals surface area contributed by atoms with E-state index < -0.39 is 11.6 Å². The van der Waals surface area contributed by atoms with E-state index in [2.05, 4.69) is 11.9 Å². The highest BCUT2D eigenvalue weighted by molar-refractivity contribution is 5.69. The van der Waals surface area contributed by atoms with Crippen molar-refractivity contribution in [3.8, 4) is 0 Å². The lowest BCUT2D eigenvalue weighted by atomic mass is 9.92. The fourth-order valence-electron chi connectivity index (χ4n) is 2.41. The fourth-order valence-corrected chi connectivity index (χ4v) is 2.41. The van der Waals surface area contributed by atoms with Gasteiger partial charge >= 0.3 is 6.09 Å². The lowest BCUT2D eigenvalue weighted by Gasteiger charge is -2.27. The summed E-state index contributed by atoms with van der Waals surface area (Å²) in [6.07, 6.45) is 5.40. The van der Waals surface area contributed by atoms with Crippen LogP contribution in [-0.4, -0.2) is 17.3 Å². The van der Waals surface area contributed by atoms with Crippen molar-refractivity contribution in [2.75, 3.05) is 6.61 Å². The molecule has 2 rings (SSSR count). The summed E-state index contributed by atoms with van der Waals surface area (Å²) in [5.41, 5.74) is 2.55. The van der Waals surface area contributed by atoms with E-state index in [0.717, 1.165) is 16.7 Å². The molecule has 1 heterocycles. The summed E-state index contributed by atoms with van der Waals surface area (Å²) in [5, 5.41) is 2.92. The predicted octanol–water partition coefficient (Wildman–Crippen LogP) is 3.01. The number of benzene rings is 1. The van der Waals surface area contributed by atoms with Crippen LogP contribution in [0.2, 0.25) is 0 Å². The van der Waals surface area contributed by atoms with Crippen molar-refractivity contribution in [2.45, 2.75) is 32.9 Å². The molecule has 0 radical (unpaired) electrons. The Kier molecular flexibility index (Phi) is 5.44. The van der Waals surface area contributed by atoms with Crippen LogP contribution in [0.5, 0.6) is 0 Å². The van der Waals surface area contributed by atoms with E-state index in [-0.39, 0.29) is 0 Å². The van der Waals surface area contributed by atoms with Gasteiger partial charge in [0.2, 0.25) is 6.33 Å². The molecule has 1 N–H and O–H groups in total. The molecule has 5 nitrogen and oxygen atoms in total. The Balaban J connectivity index is 1.91. The van der Waals surface area contributed by atoms with Crippen LogP contribution in [0.25, 0.3) is 5.57 Å². The van der Waals surface area contributed by atoms with Crippen molar-refractivity contribution in [3.63, 3.8) is 0 Å². The van der Waals surface area contributed by atoms with Crippen molar-refractivity contribution in [3.05, 3.63) is 60.7 Å². The first kappa shape index (κ1) is 17.8. The van der Waals surface area contributed by atoms with Gasteiger partial charge in [0.05, 0.1) is 12.6 Å². The fraction of sp³-hybridized carbons (Fsp3) is 0.368. The van der Waals surface area contributed by atoms with Crippen molar-refractivity contribution >= 4 is 11.7 Å².